The number of aliphatic carboxylic acids is 1. The Morgan fingerprint density at radius 1 is 1.55 bits per heavy atom. The SMILES string of the molecule is Cc1nn(C)c(NCC2CCCCC2C(=O)O)c1C#N. The quantitative estimate of drug-likeness (QED) is 0.876. The Kier molecular flexibility index (Phi) is 4.28. The second-order valence-corrected chi connectivity index (χ2v) is 5.41. The van der Waals surface area contributed by atoms with Crippen molar-refractivity contribution in [2.75, 3.05) is 11.9 Å². The van der Waals surface area contributed by atoms with E-state index in [-0.39, 0.29) is 11.8 Å². The number of hydrogen-bond donors (Lipinski definition) is 2. The number of carbonyl (C=O) groups is 1. The topological polar surface area (TPSA) is 90.9 Å². The molecule has 0 aromatic carbocycles. The van der Waals surface area contributed by atoms with E-state index >= 15 is 0 Å². The van der Waals surface area contributed by atoms with E-state index in [1.54, 1.807) is 18.7 Å². The molecule has 1 saturated carbocycles. The first-order chi connectivity index (χ1) is 9.54. The molecule has 2 atom stereocenters. The Bertz CT molecular complexity index is 544. The molecule has 108 valence electrons. The summed E-state index contributed by atoms with van der Waals surface area (Å²) in [7, 11) is 1.78. The molecule has 2 rings (SSSR count). The number of nitriles is 1. The summed E-state index contributed by atoms with van der Waals surface area (Å²) < 4.78 is 1.65. The summed E-state index contributed by atoms with van der Waals surface area (Å²) in [5, 5.41) is 25.9. The van der Waals surface area contributed by atoms with Gasteiger partial charge in [-0.05, 0) is 25.7 Å². The number of hydrogen-bond acceptors (Lipinski definition) is 4. The van der Waals surface area contributed by atoms with E-state index in [4.69, 9.17) is 5.26 Å². The van der Waals surface area contributed by atoms with Crippen LogP contribution in [0.25, 0.3) is 0 Å². The van der Waals surface area contributed by atoms with Crippen molar-refractivity contribution in [3.8, 4) is 6.07 Å². The third kappa shape index (κ3) is 2.77. The first-order valence-corrected chi connectivity index (χ1v) is 6.95. The molecule has 2 N–H and O–H groups in total. The molecule has 20 heavy (non-hydrogen) atoms. The molecule has 6 nitrogen and oxygen atoms in total. The van der Waals surface area contributed by atoms with E-state index in [1.807, 2.05) is 0 Å². The summed E-state index contributed by atoms with van der Waals surface area (Å²) in [4.78, 5) is 11.3. The van der Waals surface area contributed by atoms with Crippen molar-refractivity contribution in [1.29, 1.82) is 5.26 Å². The first-order valence-electron chi connectivity index (χ1n) is 6.95. The molecule has 0 amide bonds. The summed E-state index contributed by atoms with van der Waals surface area (Å²) in [6.07, 6.45) is 3.73. The number of nitrogens with one attached hydrogen (secondary N) is 1. The van der Waals surface area contributed by atoms with E-state index in [1.165, 1.54) is 0 Å². The van der Waals surface area contributed by atoms with Crippen LogP contribution in [0.5, 0.6) is 0 Å². The van der Waals surface area contributed by atoms with E-state index in [0.717, 1.165) is 25.7 Å². The monoisotopic (exact) mass is 276 g/mol. The molecule has 1 aliphatic rings. The summed E-state index contributed by atoms with van der Waals surface area (Å²) in [5.41, 5.74) is 1.23. The second-order valence-electron chi connectivity index (χ2n) is 5.41. The summed E-state index contributed by atoms with van der Waals surface area (Å²) >= 11 is 0. The van der Waals surface area contributed by atoms with Crippen LogP contribution in [0.15, 0.2) is 0 Å². The third-order valence-electron chi connectivity index (χ3n) is 4.09. The van der Waals surface area contributed by atoms with Gasteiger partial charge in [-0.1, -0.05) is 12.8 Å². The van der Waals surface area contributed by atoms with Gasteiger partial charge in [-0.3, -0.25) is 9.48 Å². The fraction of sp³-hybridized carbons (Fsp3) is 0.643. The summed E-state index contributed by atoms with van der Waals surface area (Å²) in [6, 6.07) is 2.14. The standard InChI is InChI=1S/C14H20N4O2/c1-9-12(7-15)13(18(2)17-9)16-8-10-5-3-4-6-11(10)14(19)20/h10-11,16H,3-6,8H2,1-2H3,(H,19,20). The molecular formula is C14H20N4O2. The van der Waals surface area contributed by atoms with Crippen LogP contribution < -0.4 is 5.32 Å². The average Bonchev–Trinajstić information content (AvgIpc) is 2.70. The zero-order valence-corrected chi connectivity index (χ0v) is 11.9. The van der Waals surface area contributed by atoms with Gasteiger partial charge in [-0.25, -0.2) is 0 Å². The highest BCUT2D eigenvalue weighted by atomic mass is 16.4. The smallest absolute Gasteiger partial charge is 0.306 e. The average molecular weight is 276 g/mol. The molecule has 2 unspecified atom stereocenters. The number of carboxylic acids is 1. The van der Waals surface area contributed by atoms with Gasteiger partial charge in [0, 0.05) is 13.6 Å². The van der Waals surface area contributed by atoms with Crippen LogP contribution in [0.1, 0.15) is 36.9 Å². The van der Waals surface area contributed by atoms with Crippen LogP contribution >= 0.6 is 0 Å². The van der Waals surface area contributed by atoms with Gasteiger partial charge in [0.2, 0.25) is 0 Å². The number of aromatic nitrogens is 2. The Labute approximate surface area is 118 Å². The zero-order chi connectivity index (χ0) is 14.7. The number of anilines is 1. The highest BCUT2D eigenvalue weighted by Gasteiger charge is 2.30. The van der Waals surface area contributed by atoms with Crippen molar-refractivity contribution < 1.29 is 9.90 Å². The minimum Gasteiger partial charge on any atom is -0.481 e. The number of carboxylic acid groups (broad SMARTS) is 1. The molecule has 1 fully saturated rings. The molecule has 1 aromatic heterocycles. The Hall–Kier alpha value is -2.03. The summed E-state index contributed by atoms with van der Waals surface area (Å²) in [5.74, 6) is -0.197. The second kappa shape index (κ2) is 5.95. The Morgan fingerprint density at radius 2 is 2.25 bits per heavy atom. The lowest BCUT2D eigenvalue weighted by Crippen LogP contribution is -2.32. The minimum atomic E-state index is -0.710. The fourth-order valence-corrected chi connectivity index (χ4v) is 3.00. The number of rotatable bonds is 4. The van der Waals surface area contributed by atoms with Crippen LogP contribution in [0, 0.1) is 30.1 Å². The van der Waals surface area contributed by atoms with Gasteiger partial charge in [0.25, 0.3) is 0 Å². The van der Waals surface area contributed by atoms with Crippen molar-refractivity contribution in [2.45, 2.75) is 32.6 Å². The lowest BCUT2D eigenvalue weighted by atomic mass is 9.79. The van der Waals surface area contributed by atoms with Crippen LogP contribution in [0.2, 0.25) is 0 Å². The van der Waals surface area contributed by atoms with Gasteiger partial charge in [0.05, 0.1) is 11.6 Å². The van der Waals surface area contributed by atoms with Gasteiger partial charge < -0.3 is 10.4 Å². The normalized spacial score (nSPS) is 22.2. The molecule has 0 bridgehead atoms. The highest BCUT2D eigenvalue weighted by molar-refractivity contribution is 5.70. The maximum absolute atomic E-state index is 11.3. The molecule has 0 spiro atoms. The zero-order valence-electron chi connectivity index (χ0n) is 11.9. The van der Waals surface area contributed by atoms with Crippen molar-refractivity contribution in [2.24, 2.45) is 18.9 Å². The lowest BCUT2D eigenvalue weighted by molar-refractivity contribution is -0.144. The third-order valence-corrected chi connectivity index (χ3v) is 4.09. The number of nitrogens with zero attached hydrogens (tertiary/aromatic N) is 3. The van der Waals surface area contributed by atoms with Crippen LogP contribution in [0.4, 0.5) is 5.82 Å². The molecular weight excluding hydrogens is 256 g/mol. The highest BCUT2D eigenvalue weighted by Crippen LogP contribution is 2.31. The van der Waals surface area contributed by atoms with Crippen molar-refractivity contribution in [3.63, 3.8) is 0 Å². The molecule has 6 heteroatoms. The van der Waals surface area contributed by atoms with E-state index in [9.17, 15) is 9.90 Å². The molecule has 1 aromatic rings. The van der Waals surface area contributed by atoms with Crippen LogP contribution in [-0.4, -0.2) is 27.4 Å². The maximum Gasteiger partial charge on any atom is 0.306 e. The predicted octanol–water partition coefficient (Wildman–Crippen LogP) is 1.90. The first kappa shape index (κ1) is 14.4. The van der Waals surface area contributed by atoms with Crippen LogP contribution in [0.3, 0.4) is 0 Å². The van der Waals surface area contributed by atoms with E-state index in [0.29, 0.717) is 23.6 Å². The van der Waals surface area contributed by atoms with Gasteiger partial charge in [0.15, 0.2) is 0 Å². The fourth-order valence-electron chi connectivity index (χ4n) is 3.00. The van der Waals surface area contributed by atoms with E-state index in [2.05, 4.69) is 16.5 Å². The van der Waals surface area contributed by atoms with Crippen LogP contribution in [-0.2, 0) is 11.8 Å². The number of aryl methyl sites for hydroxylation is 2. The minimum absolute atomic E-state index is 0.114. The summed E-state index contributed by atoms with van der Waals surface area (Å²) in [6.45, 7) is 2.37. The van der Waals surface area contributed by atoms with E-state index < -0.39 is 5.97 Å². The van der Waals surface area contributed by atoms with Crippen molar-refractivity contribution in [1.82, 2.24) is 9.78 Å². The maximum atomic E-state index is 11.3. The van der Waals surface area contributed by atoms with Crippen molar-refractivity contribution in [3.05, 3.63) is 11.3 Å². The van der Waals surface area contributed by atoms with Gasteiger partial charge in [-0.2, -0.15) is 10.4 Å². The van der Waals surface area contributed by atoms with Gasteiger partial charge in [0.1, 0.15) is 17.5 Å². The Balaban J connectivity index is 2.08. The predicted molar refractivity (Wildman–Crippen MR) is 74.2 cm³/mol. The molecule has 1 heterocycles. The van der Waals surface area contributed by atoms with Gasteiger partial charge in [-0.15, -0.1) is 0 Å². The Morgan fingerprint density at radius 3 is 2.90 bits per heavy atom. The molecule has 0 aliphatic heterocycles. The largest absolute Gasteiger partial charge is 0.481 e. The van der Waals surface area contributed by atoms with Crippen molar-refractivity contribution >= 4 is 11.8 Å². The lowest BCUT2D eigenvalue weighted by Gasteiger charge is -2.28. The van der Waals surface area contributed by atoms with Gasteiger partial charge >= 0.3 is 5.97 Å². The molecule has 0 radical (unpaired) electrons. The molecule has 1 aliphatic carbocycles. The molecule has 0 saturated heterocycles.